The Balaban J connectivity index is 0.00000147. The van der Waals surface area contributed by atoms with Crippen molar-refractivity contribution in [1.29, 1.82) is 0 Å². The van der Waals surface area contributed by atoms with Gasteiger partial charge in [-0.1, -0.05) is 12.8 Å². The minimum atomic E-state index is 0. The lowest BCUT2D eigenvalue weighted by molar-refractivity contribution is 0.886. The first-order chi connectivity index (χ1) is 9.31. The van der Waals surface area contributed by atoms with Crippen LogP contribution in [0.2, 0.25) is 0 Å². The van der Waals surface area contributed by atoms with E-state index in [9.17, 15) is 0 Å². The summed E-state index contributed by atoms with van der Waals surface area (Å²) in [6, 6.07) is 4.16. The molecule has 3 nitrogen and oxygen atoms in total. The Labute approximate surface area is 134 Å². The Kier molecular flexibility index (Phi) is 5.69. The van der Waals surface area contributed by atoms with Crippen LogP contribution in [-0.2, 0) is 0 Å². The van der Waals surface area contributed by atoms with Gasteiger partial charge in [-0.2, -0.15) is 0 Å². The van der Waals surface area contributed by atoms with E-state index in [4.69, 9.17) is 0 Å². The fourth-order valence-corrected chi connectivity index (χ4v) is 4.27. The van der Waals surface area contributed by atoms with Gasteiger partial charge in [-0.05, 0) is 31.9 Å². The van der Waals surface area contributed by atoms with Gasteiger partial charge >= 0.3 is 0 Å². The molecule has 2 aromatic rings. The van der Waals surface area contributed by atoms with Crippen LogP contribution >= 0.6 is 35.5 Å². The normalized spacial score (nSPS) is 15.1. The number of nitrogens with zero attached hydrogens (tertiary/aromatic N) is 2. The van der Waals surface area contributed by atoms with Crippen molar-refractivity contribution in [1.82, 2.24) is 9.97 Å². The van der Waals surface area contributed by atoms with E-state index in [-0.39, 0.29) is 12.4 Å². The van der Waals surface area contributed by atoms with Gasteiger partial charge in [0.1, 0.15) is 5.82 Å². The third kappa shape index (κ3) is 3.87. The van der Waals surface area contributed by atoms with Crippen LogP contribution in [0.3, 0.4) is 0 Å². The highest BCUT2D eigenvalue weighted by Gasteiger charge is 2.18. The standard InChI is InChI=1S/C14H17N3S2.ClH/c1-10-9-18-14(16-10)17-13-12(7-4-8-15-13)19-11-5-2-3-6-11;/h4,7-9,11H,2-3,5-6H2,1H3,(H,15,16,17);1H. The summed E-state index contributed by atoms with van der Waals surface area (Å²) in [6.45, 7) is 2.01. The molecule has 0 spiro atoms. The molecule has 1 aliphatic carbocycles. The van der Waals surface area contributed by atoms with E-state index in [1.54, 1.807) is 11.3 Å². The first-order valence-electron chi connectivity index (χ1n) is 6.62. The number of halogens is 1. The second-order valence-corrected chi connectivity index (χ2v) is 6.99. The second kappa shape index (κ2) is 7.29. The lowest BCUT2D eigenvalue weighted by atomic mass is 10.4. The zero-order valence-corrected chi connectivity index (χ0v) is 13.8. The van der Waals surface area contributed by atoms with Crippen LogP contribution in [0.15, 0.2) is 28.6 Å². The average molecular weight is 328 g/mol. The van der Waals surface area contributed by atoms with Crippen LogP contribution in [0.4, 0.5) is 10.9 Å². The van der Waals surface area contributed by atoms with Crippen LogP contribution in [0, 0.1) is 6.92 Å². The molecule has 0 amide bonds. The minimum Gasteiger partial charge on any atom is -0.315 e. The first kappa shape index (κ1) is 15.6. The molecule has 1 fully saturated rings. The Morgan fingerprint density at radius 2 is 2.15 bits per heavy atom. The lowest BCUT2D eigenvalue weighted by Gasteiger charge is -2.12. The number of nitrogens with one attached hydrogen (secondary N) is 1. The summed E-state index contributed by atoms with van der Waals surface area (Å²) in [4.78, 5) is 10.1. The van der Waals surface area contributed by atoms with Crippen molar-refractivity contribution in [3.05, 3.63) is 29.4 Å². The molecule has 0 saturated heterocycles. The molecule has 1 saturated carbocycles. The van der Waals surface area contributed by atoms with Gasteiger partial charge < -0.3 is 5.32 Å². The van der Waals surface area contributed by atoms with Crippen molar-refractivity contribution in [2.24, 2.45) is 0 Å². The fraction of sp³-hybridized carbons (Fsp3) is 0.429. The van der Waals surface area contributed by atoms with Crippen LogP contribution in [-0.4, -0.2) is 15.2 Å². The quantitative estimate of drug-likeness (QED) is 0.853. The molecule has 20 heavy (non-hydrogen) atoms. The van der Waals surface area contributed by atoms with E-state index in [1.807, 2.05) is 30.9 Å². The van der Waals surface area contributed by atoms with Crippen LogP contribution < -0.4 is 5.32 Å². The summed E-state index contributed by atoms with van der Waals surface area (Å²) in [5.41, 5.74) is 1.05. The summed E-state index contributed by atoms with van der Waals surface area (Å²) in [5, 5.41) is 7.07. The molecule has 0 aromatic carbocycles. The van der Waals surface area contributed by atoms with E-state index in [0.29, 0.717) is 0 Å². The highest BCUT2D eigenvalue weighted by atomic mass is 35.5. The zero-order valence-electron chi connectivity index (χ0n) is 11.3. The third-order valence-corrected chi connectivity index (χ3v) is 5.47. The Morgan fingerprint density at radius 1 is 1.35 bits per heavy atom. The molecule has 1 N–H and O–H groups in total. The number of aromatic nitrogens is 2. The summed E-state index contributed by atoms with van der Waals surface area (Å²) >= 11 is 3.58. The zero-order chi connectivity index (χ0) is 13.1. The molecule has 3 rings (SSSR count). The lowest BCUT2D eigenvalue weighted by Crippen LogP contribution is -1.99. The molecule has 0 bridgehead atoms. The van der Waals surface area contributed by atoms with Crippen LogP contribution in [0.1, 0.15) is 31.4 Å². The van der Waals surface area contributed by atoms with Crippen molar-refractivity contribution >= 4 is 46.5 Å². The fourth-order valence-electron chi connectivity index (χ4n) is 2.28. The van der Waals surface area contributed by atoms with Gasteiger partial charge in [-0.3, -0.25) is 0 Å². The topological polar surface area (TPSA) is 37.8 Å². The number of thiazole rings is 1. The summed E-state index contributed by atoms with van der Waals surface area (Å²) < 4.78 is 0. The monoisotopic (exact) mass is 327 g/mol. The number of hydrogen-bond acceptors (Lipinski definition) is 5. The van der Waals surface area contributed by atoms with E-state index in [2.05, 4.69) is 26.7 Å². The summed E-state index contributed by atoms with van der Waals surface area (Å²) in [5.74, 6) is 0.939. The van der Waals surface area contributed by atoms with E-state index >= 15 is 0 Å². The first-order valence-corrected chi connectivity index (χ1v) is 8.38. The SMILES string of the molecule is Cc1csc(Nc2ncccc2SC2CCCC2)n1.Cl. The highest BCUT2D eigenvalue weighted by Crippen LogP contribution is 2.38. The van der Waals surface area contributed by atoms with Crippen molar-refractivity contribution in [2.45, 2.75) is 42.8 Å². The predicted molar refractivity (Wildman–Crippen MR) is 89.7 cm³/mol. The Morgan fingerprint density at radius 3 is 2.85 bits per heavy atom. The van der Waals surface area contributed by atoms with Gasteiger partial charge in [-0.25, -0.2) is 9.97 Å². The van der Waals surface area contributed by atoms with E-state index in [0.717, 1.165) is 21.9 Å². The molecule has 108 valence electrons. The van der Waals surface area contributed by atoms with Crippen molar-refractivity contribution in [3.8, 4) is 0 Å². The van der Waals surface area contributed by atoms with Gasteiger partial charge in [-0.15, -0.1) is 35.5 Å². The smallest absolute Gasteiger partial charge is 0.188 e. The van der Waals surface area contributed by atoms with Crippen molar-refractivity contribution in [2.75, 3.05) is 5.32 Å². The molecule has 6 heteroatoms. The molecular formula is C14H18ClN3S2. The number of aryl methyl sites for hydroxylation is 1. The average Bonchev–Trinajstić information content (AvgIpc) is 3.04. The second-order valence-electron chi connectivity index (χ2n) is 4.79. The van der Waals surface area contributed by atoms with Crippen LogP contribution in [0.5, 0.6) is 0 Å². The number of anilines is 2. The van der Waals surface area contributed by atoms with Gasteiger partial charge in [0.2, 0.25) is 0 Å². The van der Waals surface area contributed by atoms with Crippen molar-refractivity contribution < 1.29 is 0 Å². The number of hydrogen-bond donors (Lipinski definition) is 1. The maximum atomic E-state index is 4.46. The molecule has 2 heterocycles. The predicted octanol–water partition coefficient (Wildman–Crippen LogP) is 5.05. The number of rotatable bonds is 4. The molecular weight excluding hydrogens is 310 g/mol. The Bertz CT molecular complexity index is 553. The molecule has 1 aliphatic rings. The van der Waals surface area contributed by atoms with Gasteiger partial charge in [0, 0.05) is 16.8 Å². The molecule has 0 aliphatic heterocycles. The highest BCUT2D eigenvalue weighted by molar-refractivity contribution is 8.00. The van der Waals surface area contributed by atoms with E-state index < -0.39 is 0 Å². The van der Waals surface area contributed by atoms with Crippen molar-refractivity contribution in [3.63, 3.8) is 0 Å². The number of pyridine rings is 1. The summed E-state index contributed by atoms with van der Waals surface area (Å²) in [7, 11) is 0. The number of thioether (sulfide) groups is 1. The Hall–Kier alpha value is -0.780. The van der Waals surface area contributed by atoms with Gasteiger partial charge in [0.25, 0.3) is 0 Å². The maximum absolute atomic E-state index is 4.46. The van der Waals surface area contributed by atoms with Gasteiger partial charge in [0.05, 0.1) is 10.6 Å². The van der Waals surface area contributed by atoms with Crippen LogP contribution in [0.25, 0.3) is 0 Å². The maximum Gasteiger partial charge on any atom is 0.188 e. The molecule has 2 aromatic heterocycles. The summed E-state index contributed by atoms with van der Waals surface area (Å²) in [6.07, 6.45) is 7.23. The molecule has 0 radical (unpaired) electrons. The molecule has 0 atom stereocenters. The van der Waals surface area contributed by atoms with E-state index in [1.165, 1.54) is 30.6 Å². The largest absolute Gasteiger partial charge is 0.315 e. The van der Waals surface area contributed by atoms with Gasteiger partial charge in [0.15, 0.2) is 5.13 Å². The minimum absolute atomic E-state index is 0. The molecule has 0 unspecified atom stereocenters. The third-order valence-electron chi connectivity index (χ3n) is 3.21.